The number of carbonyl (C=O) groups excluding carboxylic acids is 1. The van der Waals surface area contributed by atoms with Gasteiger partial charge < -0.3 is 64.5 Å². The van der Waals surface area contributed by atoms with Crippen molar-refractivity contribution in [2.24, 2.45) is 11.3 Å². The zero-order chi connectivity index (χ0) is 26.7. The van der Waals surface area contributed by atoms with Crippen LogP contribution in [0.5, 0.6) is 17.2 Å². The zero-order valence-corrected chi connectivity index (χ0v) is 19.6. The molecule has 8 N–H and O–H groups in total. The summed E-state index contributed by atoms with van der Waals surface area (Å²) < 4.78 is 29.3. The molecule has 7 fully saturated rings. The zero-order valence-electron chi connectivity index (χ0n) is 19.6. The molecule has 0 amide bonds. The molecule has 4 saturated heterocycles. The van der Waals surface area contributed by atoms with Crippen molar-refractivity contribution in [2.45, 2.75) is 73.8 Å². The Morgan fingerprint density at radius 2 is 1.76 bits per heavy atom. The number of phenols is 3. The topological polar surface area (TPSA) is 225 Å². The fourth-order valence-electron chi connectivity index (χ4n) is 7.02. The smallest absolute Gasteiger partial charge is 0.338 e. The van der Waals surface area contributed by atoms with Crippen molar-refractivity contribution in [2.75, 3.05) is 13.2 Å². The molecule has 7 aliphatic rings. The summed E-state index contributed by atoms with van der Waals surface area (Å²) in [5.74, 6) is -5.44. The molecule has 11 atom stereocenters. The SMILES string of the molecule is C[C@@]12C[C@@]3(O)O[C@H](O1)[C@]1(COC(=O)c4cc(O)c(O)c(O)c4)[C@@H]3C[C@]12O[C@@H]1O[C@H](CO)[C@@H](O)[C@H](O)[C@H]1O. The molecule has 4 heterocycles. The molecule has 1 aromatic carbocycles. The Labute approximate surface area is 209 Å². The fraction of sp³-hybridized carbons (Fsp3) is 0.696. The minimum Gasteiger partial charge on any atom is -0.504 e. The summed E-state index contributed by atoms with van der Waals surface area (Å²) in [6.45, 7) is 0.611. The van der Waals surface area contributed by atoms with Crippen molar-refractivity contribution in [3.63, 3.8) is 0 Å². The maximum atomic E-state index is 12.8. The second-order valence-electron chi connectivity index (χ2n) is 10.7. The molecular weight excluding hydrogens is 500 g/mol. The van der Waals surface area contributed by atoms with E-state index in [1.165, 1.54) is 0 Å². The van der Waals surface area contributed by atoms with Crippen LogP contribution in [0.2, 0.25) is 0 Å². The molecular formula is C23H28O14. The highest BCUT2D eigenvalue weighted by molar-refractivity contribution is 5.91. The Kier molecular flexibility index (Phi) is 5.18. The van der Waals surface area contributed by atoms with E-state index < -0.39 is 102 Å². The summed E-state index contributed by atoms with van der Waals surface area (Å²) in [7, 11) is 0. The van der Waals surface area contributed by atoms with Gasteiger partial charge in [-0.1, -0.05) is 0 Å². The van der Waals surface area contributed by atoms with E-state index in [2.05, 4.69) is 0 Å². The van der Waals surface area contributed by atoms with E-state index in [4.69, 9.17) is 23.7 Å². The number of aliphatic hydroxyl groups is 5. The first-order valence-electron chi connectivity index (χ1n) is 11.8. The Morgan fingerprint density at radius 1 is 1.08 bits per heavy atom. The lowest BCUT2D eigenvalue weighted by Gasteiger charge is -2.67. The number of esters is 1. The molecule has 3 aliphatic carbocycles. The molecule has 8 rings (SSSR count). The van der Waals surface area contributed by atoms with Crippen LogP contribution < -0.4 is 0 Å². The number of carbonyl (C=O) groups is 1. The van der Waals surface area contributed by atoms with Gasteiger partial charge in [0, 0.05) is 12.3 Å². The molecule has 204 valence electrons. The number of rotatable bonds is 6. The average molecular weight is 528 g/mol. The lowest BCUT2D eigenvalue weighted by Crippen LogP contribution is -2.80. The van der Waals surface area contributed by atoms with Crippen LogP contribution in [-0.2, 0) is 23.7 Å². The monoisotopic (exact) mass is 528 g/mol. The van der Waals surface area contributed by atoms with Crippen LogP contribution in [0.15, 0.2) is 12.1 Å². The number of hydrogen-bond donors (Lipinski definition) is 8. The summed E-state index contributed by atoms with van der Waals surface area (Å²) in [4.78, 5) is 12.8. The third kappa shape index (κ3) is 2.93. The first-order chi connectivity index (χ1) is 17.3. The van der Waals surface area contributed by atoms with Crippen LogP contribution in [0.25, 0.3) is 0 Å². The molecule has 14 heteroatoms. The number of benzene rings is 1. The molecule has 6 bridgehead atoms. The van der Waals surface area contributed by atoms with Crippen LogP contribution >= 0.6 is 0 Å². The van der Waals surface area contributed by atoms with Gasteiger partial charge in [-0.25, -0.2) is 4.79 Å². The van der Waals surface area contributed by atoms with Crippen LogP contribution in [0.1, 0.15) is 30.1 Å². The van der Waals surface area contributed by atoms with E-state index >= 15 is 0 Å². The van der Waals surface area contributed by atoms with Crippen molar-refractivity contribution in [1.29, 1.82) is 0 Å². The van der Waals surface area contributed by atoms with Gasteiger partial charge in [0.05, 0.1) is 17.6 Å². The molecule has 1 aromatic rings. The second kappa shape index (κ2) is 7.65. The summed E-state index contributed by atoms with van der Waals surface area (Å²) in [5, 5.41) is 80.7. The third-order valence-electron chi connectivity index (χ3n) is 8.87. The fourth-order valence-corrected chi connectivity index (χ4v) is 7.02. The minimum absolute atomic E-state index is 0.00596. The van der Waals surface area contributed by atoms with Gasteiger partial charge in [-0.2, -0.15) is 0 Å². The Hall–Kier alpha value is -2.27. The molecule has 0 spiro atoms. The lowest BCUT2D eigenvalue weighted by atomic mass is 9.41. The van der Waals surface area contributed by atoms with Gasteiger partial charge in [0.2, 0.25) is 0 Å². The highest BCUT2D eigenvalue weighted by Gasteiger charge is 2.94. The number of aromatic hydroxyl groups is 3. The number of phenolic OH excluding ortho intramolecular Hbond substituents is 3. The van der Waals surface area contributed by atoms with Crippen LogP contribution in [-0.4, -0.2) is 114 Å². The van der Waals surface area contributed by atoms with E-state index in [1.54, 1.807) is 6.92 Å². The molecule has 0 unspecified atom stereocenters. The van der Waals surface area contributed by atoms with Gasteiger partial charge in [0.15, 0.2) is 35.6 Å². The van der Waals surface area contributed by atoms with E-state index in [9.17, 15) is 45.6 Å². The Morgan fingerprint density at radius 3 is 2.41 bits per heavy atom. The van der Waals surface area contributed by atoms with Crippen molar-refractivity contribution in [1.82, 2.24) is 0 Å². The van der Waals surface area contributed by atoms with Crippen LogP contribution in [0, 0.1) is 11.3 Å². The molecule has 14 nitrogen and oxygen atoms in total. The van der Waals surface area contributed by atoms with E-state index in [0.29, 0.717) is 0 Å². The molecule has 4 aliphatic heterocycles. The molecule has 0 radical (unpaired) electrons. The first kappa shape index (κ1) is 25.0. The van der Waals surface area contributed by atoms with E-state index in [1.807, 2.05) is 0 Å². The predicted molar refractivity (Wildman–Crippen MR) is 114 cm³/mol. The maximum Gasteiger partial charge on any atom is 0.338 e. The highest BCUT2D eigenvalue weighted by atomic mass is 16.8. The number of ether oxygens (including phenoxy) is 5. The summed E-state index contributed by atoms with van der Waals surface area (Å²) in [6, 6.07) is 1.83. The first-order valence-corrected chi connectivity index (χ1v) is 11.8. The summed E-state index contributed by atoms with van der Waals surface area (Å²) >= 11 is 0. The largest absolute Gasteiger partial charge is 0.504 e. The van der Waals surface area contributed by atoms with Crippen molar-refractivity contribution in [3.05, 3.63) is 17.7 Å². The maximum absolute atomic E-state index is 12.8. The molecule has 0 aromatic heterocycles. The van der Waals surface area contributed by atoms with Crippen molar-refractivity contribution in [3.8, 4) is 17.2 Å². The van der Waals surface area contributed by atoms with E-state index in [-0.39, 0.29) is 18.4 Å². The number of hydrogen-bond acceptors (Lipinski definition) is 14. The number of aliphatic hydroxyl groups excluding tert-OH is 4. The van der Waals surface area contributed by atoms with E-state index in [0.717, 1.165) is 12.1 Å². The molecule has 3 saturated carbocycles. The average Bonchev–Trinajstić information content (AvgIpc) is 3.03. The van der Waals surface area contributed by atoms with Gasteiger partial charge >= 0.3 is 5.97 Å². The third-order valence-corrected chi connectivity index (χ3v) is 8.87. The second-order valence-corrected chi connectivity index (χ2v) is 10.7. The summed E-state index contributed by atoms with van der Waals surface area (Å²) in [5.41, 5.74) is -4.07. The quantitative estimate of drug-likeness (QED) is 0.144. The van der Waals surface area contributed by atoms with Gasteiger partial charge in [-0.05, 0) is 25.5 Å². The van der Waals surface area contributed by atoms with Gasteiger partial charge in [0.25, 0.3) is 0 Å². The minimum atomic E-state index is -1.70. The normalized spacial score (nSPS) is 49.2. The van der Waals surface area contributed by atoms with Crippen molar-refractivity contribution < 1.29 is 69.3 Å². The van der Waals surface area contributed by atoms with Gasteiger partial charge in [-0.15, -0.1) is 0 Å². The highest BCUT2D eigenvalue weighted by Crippen LogP contribution is 2.81. The van der Waals surface area contributed by atoms with Crippen LogP contribution in [0.4, 0.5) is 0 Å². The van der Waals surface area contributed by atoms with Crippen LogP contribution in [0.3, 0.4) is 0 Å². The summed E-state index contributed by atoms with van der Waals surface area (Å²) in [6.07, 6.45) is -8.63. The van der Waals surface area contributed by atoms with Gasteiger partial charge in [-0.3, -0.25) is 0 Å². The van der Waals surface area contributed by atoms with Gasteiger partial charge in [0.1, 0.15) is 42.2 Å². The Balaban J connectivity index is 1.31. The van der Waals surface area contributed by atoms with Crippen molar-refractivity contribution >= 4 is 5.97 Å². The Bertz CT molecular complexity index is 1120. The molecule has 37 heavy (non-hydrogen) atoms. The lowest BCUT2D eigenvalue weighted by molar-refractivity contribution is -0.424. The predicted octanol–water partition coefficient (Wildman–Crippen LogP) is -2.24. The standard InChI is InChI=1S/C23H28O14/c1-20-6-22(32)12-4-23(20,35-18-16(30)15(29)14(28)11(5-24)34-18)21(12,19(36-20)37-22)7-33-17(31)8-2-9(25)13(27)10(26)3-8/h2-3,11-12,14-16,18-19,24-30,32H,4-7H2,1H3/t11-,12+,14-,15+,16-,18+,19+,20+,21+,22-,23-/m1/s1.